The van der Waals surface area contributed by atoms with Crippen molar-refractivity contribution in [3.8, 4) is 11.1 Å². The van der Waals surface area contributed by atoms with E-state index in [2.05, 4.69) is 49.4 Å². The fourth-order valence-electron chi connectivity index (χ4n) is 7.20. The number of nitrogens with one attached hydrogen (secondary N) is 7. The number of rotatable bonds is 24. The van der Waals surface area contributed by atoms with Crippen LogP contribution in [-0.2, 0) is 35.3 Å². The molecule has 0 saturated heterocycles. The summed E-state index contributed by atoms with van der Waals surface area (Å²) in [5.41, 5.74) is 10.8. The summed E-state index contributed by atoms with van der Waals surface area (Å²) in [7, 11) is 3.42. The molecule has 3 aromatic carbocycles. The van der Waals surface area contributed by atoms with Crippen LogP contribution in [0.5, 0.6) is 0 Å². The summed E-state index contributed by atoms with van der Waals surface area (Å²) in [5.74, 6) is -2.70. The predicted molar refractivity (Wildman–Crippen MR) is 242 cm³/mol. The molecule has 0 heterocycles. The number of hydrogen-bond donors (Lipinski definition) is 8. The van der Waals surface area contributed by atoms with Crippen molar-refractivity contribution in [1.29, 1.82) is 0 Å². The quantitative estimate of drug-likeness (QED) is 0.0606. The number of anilines is 1. The Morgan fingerprint density at radius 2 is 1.31 bits per heavy atom. The van der Waals surface area contributed by atoms with Gasteiger partial charge in [-0.15, -0.1) is 0 Å². The van der Waals surface area contributed by atoms with Crippen LogP contribution < -0.4 is 43.0 Å². The highest BCUT2D eigenvalue weighted by Gasteiger charge is 2.32. The molecule has 3 aromatic rings. The Morgan fingerprint density at radius 1 is 0.703 bits per heavy atom. The van der Waals surface area contributed by atoms with Crippen molar-refractivity contribution in [3.63, 3.8) is 0 Å². The van der Waals surface area contributed by atoms with E-state index < -0.39 is 65.9 Å². The minimum atomic E-state index is -1.09. The Kier molecular flexibility index (Phi) is 19.8. The number of carbonyl (C=O) groups is 7. The second-order valence-electron chi connectivity index (χ2n) is 16.0. The Labute approximate surface area is 374 Å². The van der Waals surface area contributed by atoms with E-state index in [1.807, 2.05) is 36.4 Å². The van der Waals surface area contributed by atoms with Crippen molar-refractivity contribution >= 4 is 47.5 Å². The number of urea groups is 1. The van der Waals surface area contributed by atoms with E-state index in [0.29, 0.717) is 37.2 Å². The van der Waals surface area contributed by atoms with E-state index >= 15 is 0 Å². The normalized spacial score (nSPS) is 13.0. The van der Waals surface area contributed by atoms with Gasteiger partial charge in [-0.25, -0.2) is 14.4 Å². The summed E-state index contributed by atoms with van der Waals surface area (Å²) in [4.78, 5) is 90.8. The lowest BCUT2D eigenvalue weighted by Gasteiger charge is -2.27. The fraction of sp³-hybridized carbons (Fsp3) is 0.457. The Morgan fingerprint density at radius 3 is 1.92 bits per heavy atom. The van der Waals surface area contributed by atoms with Crippen LogP contribution in [-0.4, -0.2) is 112 Å². The van der Waals surface area contributed by atoms with Gasteiger partial charge in [-0.2, -0.15) is 0 Å². The molecule has 18 heteroatoms. The third kappa shape index (κ3) is 15.6. The van der Waals surface area contributed by atoms with E-state index in [-0.39, 0.29) is 51.5 Å². The number of nitrogens with two attached hydrogens (primary N) is 1. The summed E-state index contributed by atoms with van der Waals surface area (Å²) in [6, 6.07) is 18.9. The number of primary amides is 1. The molecule has 1 aliphatic rings. The van der Waals surface area contributed by atoms with Crippen molar-refractivity contribution in [1.82, 2.24) is 36.8 Å². The molecule has 0 aliphatic heterocycles. The molecule has 9 N–H and O–H groups in total. The minimum absolute atomic E-state index is 0.0223. The lowest BCUT2D eigenvalue weighted by atomic mass is 9.98. The molecule has 0 radical (unpaired) electrons. The van der Waals surface area contributed by atoms with Crippen LogP contribution in [0.2, 0.25) is 0 Å². The first-order valence-corrected chi connectivity index (χ1v) is 21.6. The molecule has 0 spiro atoms. The van der Waals surface area contributed by atoms with E-state index in [0.717, 1.165) is 22.3 Å². The average Bonchev–Trinajstić information content (AvgIpc) is 3.59. The van der Waals surface area contributed by atoms with Gasteiger partial charge in [-0.3, -0.25) is 19.2 Å². The second kappa shape index (κ2) is 25.4. The zero-order valence-corrected chi connectivity index (χ0v) is 37.3. The molecular weight excluding hydrogens is 823 g/mol. The molecule has 0 bridgehead atoms. The van der Waals surface area contributed by atoms with Gasteiger partial charge in [0.1, 0.15) is 31.3 Å². The van der Waals surface area contributed by atoms with Crippen molar-refractivity contribution in [3.05, 3.63) is 89.5 Å². The molecule has 1 aliphatic carbocycles. The highest BCUT2D eigenvalue weighted by atomic mass is 16.6. The maximum Gasteiger partial charge on any atom is 0.409 e. The van der Waals surface area contributed by atoms with E-state index in [1.54, 1.807) is 52.2 Å². The van der Waals surface area contributed by atoms with Crippen molar-refractivity contribution in [2.45, 2.75) is 83.5 Å². The standard InChI is InChI=1S/C46H63N9O9/c1-29(2)40(43(59)53-39(18-12-24-49-44(47)60)41(57)52-32-21-19-31(20-22-32)27-64-46(62)55(5)26-25-48-4)54-42(58)38(51-30(3)56)17-10-11-23-50-45(61)63-28-37-35-15-8-6-13-33(35)34-14-7-9-16-36(34)37/h6-9,13-16,19-22,29,37-40,48H,10-12,17-18,23-28H2,1-5H3,(H,50,61)(H,51,56)(H,52,57)(H,53,59)(H,54,58)(H3,47,49,60)/t38-,39-,40-/m0/s1. The van der Waals surface area contributed by atoms with Crippen molar-refractivity contribution in [2.75, 3.05) is 52.2 Å². The zero-order valence-electron chi connectivity index (χ0n) is 37.3. The second-order valence-corrected chi connectivity index (χ2v) is 16.0. The van der Waals surface area contributed by atoms with Gasteiger partial charge in [0.05, 0.1) is 0 Å². The number of alkyl carbamates (subject to hydrolysis) is 1. The number of benzene rings is 3. The van der Waals surface area contributed by atoms with Crippen molar-refractivity contribution in [2.24, 2.45) is 11.7 Å². The highest BCUT2D eigenvalue weighted by molar-refractivity contribution is 5.99. The number of likely N-dealkylation sites (N-methyl/N-ethyl adjacent to an activating group) is 2. The SMILES string of the molecule is CNCCN(C)C(=O)OCc1ccc(NC(=O)[C@H](CCCNC(N)=O)NC(=O)[C@@H](NC(=O)[C@H](CCCCNC(=O)OCC2c3ccccc3-c3ccccc32)NC(C)=O)C(C)C)cc1. The molecule has 18 nitrogen and oxygen atoms in total. The summed E-state index contributed by atoms with van der Waals surface area (Å²) in [5, 5.41) is 19.2. The van der Waals surface area contributed by atoms with E-state index in [9.17, 15) is 33.6 Å². The summed E-state index contributed by atoms with van der Waals surface area (Å²) < 4.78 is 11.0. The molecule has 64 heavy (non-hydrogen) atoms. The molecule has 3 atom stereocenters. The number of amides is 8. The summed E-state index contributed by atoms with van der Waals surface area (Å²) in [6.07, 6.45) is 0.514. The minimum Gasteiger partial charge on any atom is -0.449 e. The van der Waals surface area contributed by atoms with Gasteiger partial charge in [0, 0.05) is 51.8 Å². The van der Waals surface area contributed by atoms with Gasteiger partial charge in [-0.05, 0) is 85.0 Å². The smallest absolute Gasteiger partial charge is 0.409 e. The van der Waals surface area contributed by atoms with Crippen LogP contribution in [0.25, 0.3) is 11.1 Å². The topological polar surface area (TPSA) is 251 Å². The molecule has 0 fully saturated rings. The fourth-order valence-corrected chi connectivity index (χ4v) is 7.20. The molecule has 4 rings (SSSR count). The third-order valence-electron chi connectivity index (χ3n) is 10.7. The number of ether oxygens (including phenoxy) is 2. The zero-order chi connectivity index (χ0) is 46.6. The Balaban J connectivity index is 1.29. The molecule has 0 aromatic heterocycles. The molecule has 0 unspecified atom stereocenters. The van der Waals surface area contributed by atoms with Crippen LogP contribution in [0.3, 0.4) is 0 Å². The van der Waals surface area contributed by atoms with Crippen molar-refractivity contribution < 1.29 is 43.0 Å². The maximum atomic E-state index is 13.8. The molecular formula is C46H63N9O9. The molecule has 346 valence electrons. The van der Waals surface area contributed by atoms with Gasteiger partial charge >= 0.3 is 18.2 Å². The first kappa shape index (κ1) is 50.0. The number of nitrogens with zero attached hydrogens (tertiary/aromatic N) is 1. The monoisotopic (exact) mass is 885 g/mol. The molecule has 8 amide bonds. The third-order valence-corrected chi connectivity index (χ3v) is 10.7. The van der Waals surface area contributed by atoms with Gasteiger partial charge < -0.3 is 57.3 Å². The Bertz CT molecular complexity index is 2020. The average molecular weight is 886 g/mol. The predicted octanol–water partition coefficient (Wildman–Crippen LogP) is 3.70. The van der Waals surface area contributed by atoms with Gasteiger partial charge in [0.15, 0.2) is 0 Å². The highest BCUT2D eigenvalue weighted by Crippen LogP contribution is 2.44. The number of hydrogen-bond acceptors (Lipinski definition) is 10. The molecule has 0 saturated carbocycles. The van der Waals surface area contributed by atoms with Crippen LogP contribution in [0, 0.1) is 5.92 Å². The maximum absolute atomic E-state index is 13.8. The number of carbonyl (C=O) groups excluding carboxylic acids is 7. The van der Waals surface area contributed by atoms with Crippen LogP contribution in [0.15, 0.2) is 72.8 Å². The summed E-state index contributed by atoms with van der Waals surface area (Å²) >= 11 is 0. The number of fused-ring (bicyclic) bond motifs is 3. The lowest BCUT2D eigenvalue weighted by Crippen LogP contribution is -2.57. The van der Waals surface area contributed by atoms with Crippen LogP contribution in [0.1, 0.15) is 75.5 Å². The van der Waals surface area contributed by atoms with Gasteiger partial charge in [0.25, 0.3) is 0 Å². The largest absolute Gasteiger partial charge is 0.449 e. The Hall–Kier alpha value is -6.69. The van der Waals surface area contributed by atoms with Gasteiger partial charge in [0.2, 0.25) is 23.6 Å². The van der Waals surface area contributed by atoms with Crippen LogP contribution in [0.4, 0.5) is 20.1 Å². The van der Waals surface area contributed by atoms with E-state index in [4.69, 9.17) is 15.2 Å². The summed E-state index contributed by atoms with van der Waals surface area (Å²) in [6.45, 7) is 6.48. The van der Waals surface area contributed by atoms with Gasteiger partial charge in [-0.1, -0.05) is 74.5 Å². The first-order chi connectivity index (χ1) is 30.7. The first-order valence-electron chi connectivity index (χ1n) is 21.6. The van der Waals surface area contributed by atoms with E-state index in [1.165, 1.54) is 11.8 Å². The van der Waals surface area contributed by atoms with Crippen LogP contribution >= 0.6 is 0 Å². The number of unbranched alkanes of at least 4 members (excludes halogenated alkanes) is 1. The lowest BCUT2D eigenvalue weighted by molar-refractivity contribution is -0.133.